The second-order valence-electron chi connectivity index (χ2n) is 8.86. The molecule has 1 aliphatic heterocycles. The normalized spacial score (nSPS) is 20.9. The highest BCUT2D eigenvalue weighted by molar-refractivity contribution is 7.88. The average Bonchev–Trinajstić information content (AvgIpc) is 2.78. The molecule has 0 radical (unpaired) electrons. The van der Waals surface area contributed by atoms with Gasteiger partial charge in [0.25, 0.3) is 0 Å². The van der Waals surface area contributed by atoms with Gasteiger partial charge in [0.1, 0.15) is 6.23 Å². The molecular weight excluding hydrogens is 436 g/mol. The van der Waals surface area contributed by atoms with Crippen LogP contribution in [0.25, 0.3) is 0 Å². The summed E-state index contributed by atoms with van der Waals surface area (Å²) in [5, 5.41) is 4.04. The van der Waals surface area contributed by atoms with Crippen LogP contribution in [0.5, 0.6) is 0 Å². The number of nitrogens with one attached hydrogen (secondary N) is 1. The average molecular weight is 479 g/mol. The van der Waals surface area contributed by atoms with Crippen LogP contribution in [0.1, 0.15) is 38.7 Å². The Kier molecular flexibility index (Phi) is 11.1. The van der Waals surface area contributed by atoms with E-state index >= 15 is 0 Å². The Balaban J connectivity index is 2.05. The van der Waals surface area contributed by atoms with E-state index < -0.39 is 10.0 Å². The van der Waals surface area contributed by atoms with E-state index in [2.05, 4.69) is 60.4 Å². The predicted molar refractivity (Wildman–Crippen MR) is 136 cm³/mol. The van der Waals surface area contributed by atoms with Gasteiger partial charge in [0, 0.05) is 51.4 Å². The van der Waals surface area contributed by atoms with Gasteiger partial charge in [-0.3, -0.25) is 4.90 Å². The van der Waals surface area contributed by atoms with Crippen molar-refractivity contribution in [3.63, 3.8) is 0 Å². The largest absolute Gasteiger partial charge is 0.361 e. The first-order valence-corrected chi connectivity index (χ1v) is 13.7. The zero-order valence-corrected chi connectivity index (χ0v) is 21.7. The maximum Gasteiger partial charge on any atom is 0.208 e. The molecule has 0 amide bonds. The molecule has 1 fully saturated rings. The van der Waals surface area contributed by atoms with E-state index in [1.807, 2.05) is 36.3 Å². The summed E-state index contributed by atoms with van der Waals surface area (Å²) >= 11 is 0. The molecule has 0 spiro atoms. The number of likely N-dealkylation sites (N-methyl/N-ethyl adjacent to an activating group) is 1. The Morgan fingerprint density at radius 3 is 2.61 bits per heavy atom. The summed E-state index contributed by atoms with van der Waals surface area (Å²) in [4.78, 5) is 2.39. The number of nitrogens with zero attached hydrogens (tertiary/aromatic N) is 3. The minimum atomic E-state index is -3.29. The van der Waals surface area contributed by atoms with Gasteiger partial charge in [0.2, 0.25) is 10.0 Å². The summed E-state index contributed by atoms with van der Waals surface area (Å²) in [6, 6.07) is 10.3. The lowest BCUT2D eigenvalue weighted by atomic mass is 9.93. The highest BCUT2D eigenvalue weighted by atomic mass is 32.2. The first-order valence-electron chi connectivity index (χ1n) is 11.8. The van der Waals surface area contributed by atoms with Crippen molar-refractivity contribution in [2.24, 2.45) is 5.92 Å². The molecular formula is C25H42N4O3S. The summed E-state index contributed by atoms with van der Waals surface area (Å²) in [5.74, 6) is 0.0631. The molecule has 1 aliphatic rings. The van der Waals surface area contributed by atoms with Gasteiger partial charge >= 0.3 is 0 Å². The van der Waals surface area contributed by atoms with Gasteiger partial charge in [-0.2, -0.15) is 5.01 Å². The smallest absolute Gasteiger partial charge is 0.208 e. The fourth-order valence-electron chi connectivity index (χ4n) is 4.17. The van der Waals surface area contributed by atoms with Gasteiger partial charge in [0.05, 0.1) is 12.9 Å². The van der Waals surface area contributed by atoms with Crippen LogP contribution in [0.4, 0.5) is 0 Å². The molecule has 1 N–H and O–H groups in total. The summed E-state index contributed by atoms with van der Waals surface area (Å²) in [5.41, 5.74) is 2.16. The number of hydrogen-bond acceptors (Lipinski definition) is 6. The fourth-order valence-corrected chi connectivity index (χ4v) is 5.03. The number of allylic oxidation sites excluding steroid dienone is 2. The number of hydrazine groups is 1. The molecule has 1 aromatic rings. The highest BCUT2D eigenvalue weighted by Crippen LogP contribution is 2.22. The summed E-state index contributed by atoms with van der Waals surface area (Å²) in [7, 11) is 0.682. The molecule has 33 heavy (non-hydrogen) atoms. The van der Waals surface area contributed by atoms with Gasteiger partial charge in [0.15, 0.2) is 0 Å². The maximum atomic E-state index is 12.0. The highest BCUT2D eigenvalue weighted by Gasteiger charge is 2.32. The first-order chi connectivity index (χ1) is 15.6. The molecule has 1 unspecified atom stereocenters. The van der Waals surface area contributed by atoms with Crippen LogP contribution in [0.3, 0.4) is 0 Å². The van der Waals surface area contributed by atoms with Gasteiger partial charge < -0.3 is 9.75 Å². The molecule has 1 saturated heterocycles. The van der Waals surface area contributed by atoms with Crippen molar-refractivity contribution in [2.75, 3.05) is 40.0 Å². The van der Waals surface area contributed by atoms with Crippen LogP contribution >= 0.6 is 0 Å². The second-order valence-corrected chi connectivity index (χ2v) is 10.6. The SMILES string of the molecule is C=C(/C=C\CC)N(C)N(C)C(CC)OC[C@@H]1CN(Cc2ccccc2)CC[C@@H]1NS(C)(=O)=O. The van der Waals surface area contributed by atoms with Crippen molar-refractivity contribution in [1.82, 2.24) is 19.6 Å². The lowest BCUT2D eigenvalue weighted by molar-refractivity contribution is -0.139. The minimum absolute atomic E-state index is 0.0631. The van der Waals surface area contributed by atoms with Crippen molar-refractivity contribution in [3.05, 3.63) is 60.3 Å². The van der Waals surface area contributed by atoms with Crippen molar-refractivity contribution in [2.45, 2.75) is 51.9 Å². The Morgan fingerprint density at radius 2 is 2.00 bits per heavy atom. The van der Waals surface area contributed by atoms with E-state index in [0.29, 0.717) is 6.61 Å². The molecule has 0 aromatic heterocycles. The van der Waals surface area contributed by atoms with Crippen LogP contribution in [0, 0.1) is 5.92 Å². The second kappa shape index (κ2) is 13.2. The molecule has 1 aromatic carbocycles. The Bertz CT molecular complexity index is 860. The molecule has 7 nitrogen and oxygen atoms in total. The van der Waals surface area contributed by atoms with Crippen LogP contribution in [0.15, 0.2) is 54.8 Å². The van der Waals surface area contributed by atoms with Crippen LogP contribution in [-0.4, -0.2) is 75.7 Å². The number of piperidine rings is 1. The van der Waals surface area contributed by atoms with E-state index in [9.17, 15) is 8.42 Å². The molecule has 1 heterocycles. The van der Waals surface area contributed by atoms with Gasteiger partial charge in [-0.15, -0.1) is 0 Å². The van der Waals surface area contributed by atoms with Gasteiger partial charge in [-0.25, -0.2) is 13.1 Å². The lowest BCUT2D eigenvalue weighted by Crippen LogP contribution is -2.53. The van der Waals surface area contributed by atoms with Crippen LogP contribution in [-0.2, 0) is 21.3 Å². The van der Waals surface area contributed by atoms with Crippen molar-refractivity contribution in [3.8, 4) is 0 Å². The zero-order chi connectivity index (χ0) is 24.4. The third-order valence-corrected chi connectivity index (χ3v) is 6.87. The minimum Gasteiger partial charge on any atom is -0.361 e. The molecule has 0 saturated carbocycles. The molecule has 8 heteroatoms. The van der Waals surface area contributed by atoms with Gasteiger partial charge in [-0.05, 0) is 30.9 Å². The number of hydrogen-bond donors (Lipinski definition) is 1. The van der Waals surface area contributed by atoms with E-state index in [0.717, 1.165) is 44.6 Å². The number of likely N-dealkylation sites (tertiary alicyclic amines) is 1. The quantitative estimate of drug-likeness (QED) is 0.266. The van der Waals surface area contributed by atoms with E-state index in [4.69, 9.17) is 4.74 Å². The Hall–Kier alpha value is -1.71. The summed E-state index contributed by atoms with van der Waals surface area (Å²) < 4.78 is 33.2. The molecule has 186 valence electrons. The molecule has 0 aliphatic carbocycles. The fraction of sp³-hybridized carbons (Fsp3) is 0.600. The number of rotatable bonds is 13. The van der Waals surface area contributed by atoms with E-state index in [-0.39, 0.29) is 18.2 Å². The molecule has 2 rings (SSSR count). The van der Waals surface area contributed by atoms with E-state index in [1.165, 1.54) is 11.8 Å². The summed E-state index contributed by atoms with van der Waals surface area (Å²) in [6.07, 6.45) is 7.71. The Morgan fingerprint density at radius 1 is 1.30 bits per heavy atom. The van der Waals surface area contributed by atoms with E-state index in [1.54, 1.807) is 0 Å². The standard InChI is InChI=1S/C25H42N4O3S/c1-7-9-13-21(3)27(4)28(5)25(8-2)32-20-23-19-29(18-22-14-11-10-12-15-22)17-16-24(23)26-33(6,30)31/h9-15,23-26H,3,7-8,16-20H2,1-2,4-6H3/b13-9-/t23-,24-,25?/m0/s1. The predicted octanol–water partition coefficient (Wildman–Crippen LogP) is 3.44. The third-order valence-electron chi connectivity index (χ3n) is 6.14. The van der Waals surface area contributed by atoms with Crippen LogP contribution < -0.4 is 4.72 Å². The summed E-state index contributed by atoms with van der Waals surface area (Å²) in [6.45, 7) is 11.3. The monoisotopic (exact) mass is 478 g/mol. The van der Waals surface area contributed by atoms with Crippen LogP contribution in [0.2, 0.25) is 0 Å². The maximum absolute atomic E-state index is 12.0. The number of ether oxygens (including phenoxy) is 1. The lowest BCUT2D eigenvalue weighted by Gasteiger charge is -2.41. The molecule has 0 bridgehead atoms. The van der Waals surface area contributed by atoms with Gasteiger partial charge in [-0.1, -0.05) is 56.8 Å². The van der Waals surface area contributed by atoms with Crippen molar-refractivity contribution < 1.29 is 13.2 Å². The first kappa shape index (κ1) is 27.5. The Labute approximate surface area is 201 Å². The van der Waals surface area contributed by atoms with Crippen molar-refractivity contribution in [1.29, 1.82) is 0 Å². The number of sulfonamides is 1. The van der Waals surface area contributed by atoms with Crippen molar-refractivity contribution >= 4 is 10.0 Å². The number of benzene rings is 1. The zero-order valence-electron chi connectivity index (χ0n) is 20.9. The molecule has 3 atom stereocenters. The third kappa shape index (κ3) is 9.22. The topological polar surface area (TPSA) is 65.1 Å².